The van der Waals surface area contributed by atoms with Crippen LogP contribution < -0.4 is 5.32 Å². The van der Waals surface area contributed by atoms with Gasteiger partial charge in [-0.3, -0.25) is 4.90 Å². The number of hydrogen-bond donors (Lipinski definition) is 1. The maximum atomic E-state index is 6.09. The van der Waals surface area contributed by atoms with Gasteiger partial charge in [0, 0.05) is 11.1 Å². The van der Waals surface area contributed by atoms with E-state index in [9.17, 15) is 0 Å². The van der Waals surface area contributed by atoms with Crippen molar-refractivity contribution < 1.29 is 0 Å². The third-order valence-electron chi connectivity index (χ3n) is 4.15. The first-order valence-electron chi connectivity index (χ1n) is 7.32. The van der Waals surface area contributed by atoms with E-state index in [1.807, 2.05) is 13.1 Å². The fourth-order valence-electron chi connectivity index (χ4n) is 3.36. The molecule has 1 aromatic carbocycles. The van der Waals surface area contributed by atoms with Gasteiger partial charge in [-0.15, -0.1) is 0 Å². The molecule has 2 nitrogen and oxygen atoms in total. The van der Waals surface area contributed by atoms with E-state index in [4.69, 9.17) is 11.6 Å². The monoisotopic (exact) mass is 280 g/mol. The molecule has 1 saturated heterocycles. The van der Waals surface area contributed by atoms with Crippen LogP contribution in [0, 0.1) is 12.8 Å². The summed E-state index contributed by atoms with van der Waals surface area (Å²) in [6, 6.07) is 6.89. The Labute approximate surface area is 122 Å². The van der Waals surface area contributed by atoms with Gasteiger partial charge in [0.25, 0.3) is 0 Å². The minimum absolute atomic E-state index is 0.546. The minimum Gasteiger partial charge on any atom is -0.319 e. The molecule has 2 unspecified atom stereocenters. The Morgan fingerprint density at radius 2 is 2.21 bits per heavy atom. The lowest BCUT2D eigenvalue weighted by atomic mass is 9.90. The van der Waals surface area contributed by atoms with Crippen LogP contribution in [-0.4, -0.2) is 31.6 Å². The molecule has 1 aromatic rings. The molecule has 0 aliphatic carbocycles. The van der Waals surface area contributed by atoms with Gasteiger partial charge in [0.05, 0.1) is 0 Å². The number of rotatable bonds is 5. The first kappa shape index (κ1) is 14.8. The van der Waals surface area contributed by atoms with Crippen molar-refractivity contribution in [1.82, 2.24) is 10.2 Å². The minimum atomic E-state index is 0.546. The summed E-state index contributed by atoms with van der Waals surface area (Å²) >= 11 is 6.09. The van der Waals surface area contributed by atoms with Crippen LogP contribution in [0.2, 0.25) is 5.02 Å². The smallest absolute Gasteiger partial charge is 0.0408 e. The predicted molar refractivity (Wildman–Crippen MR) is 82.8 cm³/mol. The Bertz CT molecular complexity index is 405. The molecule has 106 valence electrons. The number of halogens is 1. The van der Waals surface area contributed by atoms with Crippen molar-refractivity contribution in [2.45, 2.75) is 32.7 Å². The SMILES string of the molecule is CCCN1CCC(CNC)C1c1ccc(Cl)cc1C. The molecule has 1 heterocycles. The Balaban J connectivity index is 2.29. The van der Waals surface area contributed by atoms with Gasteiger partial charge in [-0.2, -0.15) is 0 Å². The Morgan fingerprint density at radius 1 is 1.42 bits per heavy atom. The number of nitrogens with one attached hydrogen (secondary N) is 1. The third-order valence-corrected chi connectivity index (χ3v) is 4.39. The van der Waals surface area contributed by atoms with Crippen LogP contribution in [0.25, 0.3) is 0 Å². The number of likely N-dealkylation sites (tertiary alicyclic amines) is 1. The summed E-state index contributed by atoms with van der Waals surface area (Å²) < 4.78 is 0. The highest BCUT2D eigenvalue weighted by Crippen LogP contribution is 2.38. The molecule has 1 fully saturated rings. The van der Waals surface area contributed by atoms with Crippen LogP contribution in [-0.2, 0) is 0 Å². The van der Waals surface area contributed by atoms with Crippen molar-refractivity contribution in [3.8, 4) is 0 Å². The zero-order chi connectivity index (χ0) is 13.8. The van der Waals surface area contributed by atoms with Crippen LogP contribution in [0.5, 0.6) is 0 Å². The Hall–Kier alpha value is -0.570. The maximum absolute atomic E-state index is 6.09. The molecule has 0 spiro atoms. The summed E-state index contributed by atoms with van der Waals surface area (Å²) in [4.78, 5) is 2.64. The van der Waals surface area contributed by atoms with E-state index in [0.717, 1.165) is 11.6 Å². The molecule has 0 radical (unpaired) electrons. The van der Waals surface area contributed by atoms with Crippen molar-refractivity contribution in [3.63, 3.8) is 0 Å². The number of hydrogen-bond acceptors (Lipinski definition) is 2. The standard InChI is InChI=1S/C16H25ClN2/c1-4-8-19-9-7-13(11-18-3)16(19)15-6-5-14(17)10-12(15)2/h5-6,10,13,16,18H,4,7-9,11H2,1-3H3. The zero-order valence-corrected chi connectivity index (χ0v) is 13.0. The summed E-state index contributed by atoms with van der Waals surface area (Å²) in [5.74, 6) is 0.705. The third kappa shape index (κ3) is 3.31. The maximum Gasteiger partial charge on any atom is 0.0408 e. The fourth-order valence-corrected chi connectivity index (χ4v) is 3.59. The predicted octanol–water partition coefficient (Wildman–Crippen LogP) is 3.64. The number of benzene rings is 1. The highest BCUT2D eigenvalue weighted by atomic mass is 35.5. The van der Waals surface area contributed by atoms with Gasteiger partial charge in [-0.05, 0) is 75.6 Å². The largest absolute Gasteiger partial charge is 0.319 e. The van der Waals surface area contributed by atoms with Crippen LogP contribution >= 0.6 is 11.6 Å². The molecule has 2 atom stereocenters. The van der Waals surface area contributed by atoms with Crippen molar-refractivity contribution >= 4 is 11.6 Å². The molecule has 1 aliphatic rings. The fraction of sp³-hybridized carbons (Fsp3) is 0.625. The van der Waals surface area contributed by atoms with Gasteiger partial charge in [0.1, 0.15) is 0 Å². The van der Waals surface area contributed by atoms with Crippen molar-refractivity contribution in [3.05, 3.63) is 34.3 Å². The van der Waals surface area contributed by atoms with Gasteiger partial charge >= 0.3 is 0 Å². The number of aryl methyl sites for hydroxylation is 1. The highest BCUT2D eigenvalue weighted by Gasteiger charge is 2.34. The van der Waals surface area contributed by atoms with Gasteiger partial charge in [-0.1, -0.05) is 24.6 Å². The van der Waals surface area contributed by atoms with Crippen molar-refractivity contribution in [2.24, 2.45) is 5.92 Å². The summed E-state index contributed by atoms with van der Waals surface area (Å²) in [7, 11) is 2.05. The highest BCUT2D eigenvalue weighted by molar-refractivity contribution is 6.30. The summed E-state index contributed by atoms with van der Waals surface area (Å²) in [6.07, 6.45) is 2.50. The average molecular weight is 281 g/mol. The summed E-state index contributed by atoms with van der Waals surface area (Å²) in [6.45, 7) is 7.93. The normalized spacial score (nSPS) is 24.0. The van der Waals surface area contributed by atoms with Crippen LogP contribution in [0.3, 0.4) is 0 Å². The molecule has 0 saturated carbocycles. The van der Waals surface area contributed by atoms with Crippen molar-refractivity contribution in [1.29, 1.82) is 0 Å². The number of nitrogens with zero attached hydrogens (tertiary/aromatic N) is 1. The second-order valence-corrected chi connectivity index (χ2v) is 6.02. The molecule has 0 aromatic heterocycles. The van der Waals surface area contributed by atoms with Crippen LogP contribution in [0.15, 0.2) is 18.2 Å². The molecule has 0 amide bonds. The molecule has 2 rings (SSSR count). The lowest BCUT2D eigenvalue weighted by Gasteiger charge is -2.29. The Kier molecular flexibility index (Phi) is 5.26. The average Bonchev–Trinajstić information content (AvgIpc) is 2.74. The Morgan fingerprint density at radius 3 is 2.84 bits per heavy atom. The van der Waals surface area contributed by atoms with Crippen LogP contribution in [0.4, 0.5) is 0 Å². The van der Waals surface area contributed by atoms with Gasteiger partial charge in [0.2, 0.25) is 0 Å². The second kappa shape index (κ2) is 6.74. The lowest BCUT2D eigenvalue weighted by Crippen LogP contribution is -2.30. The van der Waals surface area contributed by atoms with E-state index >= 15 is 0 Å². The van der Waals surface area contributed by atoms with E-state index in [1.165, 1.54) is 37.1 Å². The molecule has 19 heavy (non-hydrogen) atoms. The first-order chi connectivity index (χ1) is 9.17. The summed E-state index contributed by atoms with van der Waals surface area (Å²) in [5.41, 5.74) is 2.78. The van der Waals surface area contributed by atoms with Gasteiger partial charge in [0.15, 0.2) is 0 Å². The molecule has 0 bridgehead atoms. The van der Waals surface area contributed by atoms with E-state index in [2.05, 4.69) is 36.2 Å². The molecule has 1 aliphatic heterocycles. The quantitative estimate of drug-likeness (QED) is 0.886. The van der Waals surface area contributed by atoms with E-state index in [-0.39, 0.29) is 0 Å². The summed E-state index contributed by atoms with van der Waals surface area (Å²) in [5, 5.41) is 4.19. The van der Waals surface area contributed by atoms with E-state index < -0.39 is 0 Å². The van der Waals surface area contributed by atoms with Crippen LogP contribution in [0.1, 0.15) is 36.9 Å². The second-order valence-electron chi connectivity index (χ2n) is 5.59. The first-order valence-corrected chi connectivity index (χ1v) is 7.69. The topological polar surface area (TPSA) is 15.3 Å². The lowest BCUT2D eigenvalue weighted by molar-refractivity contribution is 0.226. The van der Waals surface area contributed by atoms with E-state index in [0.29, 0.717) is 12.0 Å². The molecular weight excluding hydrogens is 256 g/mol. The molecule has 3 heteroatoms. The van der Waals surface area contributed by atoms with Gasteiger partial charge < -0.3 is 5.32 Å². The zero-order valence-electron chi connectivity index (χ0n) is 12.2. The molecule has 1 N–H and O–H groups in total. The van der Waals surface area contributed by atoms with Crippen molar-refractivity contribution in [2.75, 3.05) is 26.7 Å². The van der Waals surface area contributed by atoms with Gasteiger partial charge in [-0.25, -0.2) is 0 Å². The molecular formula is C16H25ClN2. The van der Waals surface area contributed by atoms with E-state index in [1.54, 1.807) is 0 Å².